The minimum absolute atomic E-state index is 0.253. The van der Waals surface area contributed by atoms with Gasteiger partial charge in [-0.2, -0.15) is 0 Å². The molecule has 0 N–H and O–H groups in total. The van der Waals surface area contributed by atoms with Gasteiger partial charge in [-0.3, -0.25) is 9.59 Å². The SMILES string of the molecule is CCOc1cccc(N2C(=O)C(c3ccccc3)=C(N3CCCC(C)C3)C2=O)c1. The van der Waals surface area contributed by atoms with E-state index in [4.69, 9.17) is 4.74 Å². The van der Waals surface area contributed by atoms with Crippen molar-refractivity contribution in [3.05, 3.63) is 65.9 Å². The number of carbonyl (C=O) groups is 2. The number of imide groups is 1. The van der Waals surface area contributed by atoms with E-state index >= 15 is 0 Å². The molecular weight excluding hydrogens is 364 g/mol. The number of hydrogen-bond donors (Lipinski definition) is 0. The molecule has 0 radical (unpaired) electrons. The van der Waals surface area contributed by atoms with Crippen molar-refractivity contribution in [1.82, 2.24) is 4.90 Å². The van der Waals surface area contributed by atoms with Gasteiger partial charge in [-0.1, -0.05) is 43.3 Å². The first kappa shape index (κ1) is 19.2. The van der Waals surface area contributed by atoms with Crippen molar-refractivity contribution in [2.75, 3.05) is 24.6 Å². The summed E-state index contributed by atoms with van der Waals surface area (Å²) in [5.41, 5.74) is 2.34. The van der Waals surface area contributed by atoms with Crippen LogP contribution >= 0.6 is 0 Å². The summed E-state index contributed by atoms with van der Waals surface area (Å²) in [6.45, 7) is 6.21. The molecule has 2 aromatic rings. The van der Waals surface area contributed by atoms with Gasteiger partial charge in [0.05, 0.1) is 17.9 Å². The van der Waals surface area contributed by atoms with Crippen molar-refractivity contribution >= 4 is 23.1 Å². The predicted octanol–water partition coefficient (Wildman–Crippen LogP) is 4.10. The van der Waals surface area contributed by atoms with Gasteiger partial charge in [0.25, 0.3) is 11.8 Å². The Hall–Kier alpha value is -3.08. The second-order valence-corrected chi connectivity index (χ2v) is 7.66. The Balaban J connectivity index is 1.78. The van der Waals surface area contributed by atoms with Gasteiger partial charge < -0.3 is 9.64 Å². The van der Waals surface area contributed by atoms with E-state index < -0.39 is 0 Å². The van der Waals surface area contributed by atoms with Crippen molar-refractivity contribution in [3.8, 4) is 5.75 Å². The maximum absolute atomic E-state index is 13.5. The third-order valence-electron chi connectivity index (χ3n) is 5.48. The molecule has 2 aromatic carbocycles. The fraction of sp³-hybridized carbons (Fsp3) is 0.333. The lowest BCUT2D eigenvalue weighted by atomic mass is 9.98. The van der Waals surface area contributed by atoms with Gasteiger partial charge in [0.1, 0.15) is 11.4 Å². The van der Waals surface area contributed by atoms with E-state index in [2.05, 4.69) is 11.8 Å². The summed E-state index contributed by atoms with van der Waals surface area (Å²) in [7, 11) is 0. The lowest BCUT2D eigenvalue weighted by molar-refractivity contribution is -0.120. The zero-order valence-corrected chi connectivity index (χ0v) is 16.9. The van der Waals surface area contributed by atoms with Crippen LogP contribution in [0.1, 0.15) is 32.3 Å². The van der Waals surface area contributed by atoms with Crippen molar-refractivity contribution in [2.45, 2.75) is 26.7 Å². The van der Waals surface area contributed by atoms with E-state index in [1.807, 2.05) is 49.4 Å². The molecule has 150 valence electrons. The van der Waals surface area contributed by atoms with Gasteiger partial charge in [-0.05, 0) is 43.4 Å². The Kier molecular flexibility index (Phi) is 5.38. The Morgan fingerprint density at radius 2 is 1.83 bits per heavy atom. The van der Waals surface area contributed by atoms with Crippen molar-refractivity contribution in [3.63, 3.8) is 0 Å². The third-order valence-corrected chi connectivity index (χ3v) is 5.48. The summed E-state index contributed by atoms with van der Waals surface area (Å²) in [4.78, 5) is 30.4. The molecule has 2 heterocycles. The van der Waals surface area contributed by atoms with Crippen LogP contribution in [-0.4, -0.2) is 36.4 Å². The number of ether oxygens (including phenoxy) is 1. The molecular formula is C24H26N2O3. The Bertz CT molecular complexity index is 952. The largest absolute Gasteiger partial charge is 0.494 e. The summed E-state index contributed by atoms with van der Waals surface area (Å²) < 4.78 is 5.57. The number of benzene rings is 2. The highest BCUT2D eigenvalue weighted by atomic mass is 16.5. The molecule has 1 saturated heterocycles. The number of carbonyl (C=O) groups excluding carboxylic acids is 2. The monoisotopic (exact) mass is 390 g/mol. The number of nitrogens with zero attached hydrogens (tertiary/aromatic N) is 2. The molecule has 4 rings (SSSR count). The minimum atomic E-state index is -0.275. The maximum atomic E-state index is 13.5. The molecule has 0 aliphatic carbocycles. The first-order valence-electron chi connectivity index (χ1n) is 10.3. The summed E-state index contributed by atoms with van der Waals surface area (Å²) in [6.07, 6.45) is 2.17. The third kappa shape index (κ3) is 3.65. The van der Waals surface area contributed by atoms with Crippen molar-refractivity contribution in [1.29, 1.82) is 0 Å². The first-order valence-corrected chi connectivity index (χ1v) is 10.3. The summed E-state index contributed by atoms with van der Waals surface area (Å²) in [5, 5.41) is 0. The van der Waals surface area contributed by atoms with Crippen LogP contribution in [0.3, 0.4) is 0 Å². The van der Waals surface area contributed by atoms with E-state index in [1.54, 1.807) is 12.1 Å². The number of piperidine rings is 1. The Labute approximate surface area is 171 Å². The molecule has 29 heavy (non-hydrogen) atoms. The van der Waals surface area contributed by atoms with Crippen LogP contribution in [0.4, 0.5) is 5.69 Å². The molecule has 1 fully saturated rings. The van der Waals surface area contributed by atoms with Crippen LogP contribution < -0.4 is 9.64 Å². The number of likely N-dealkylation sites (tertiary alicyclic amines) is 1. The number of hydrogen-bond acceptors (Lipinski definition) is 4. The second kappa shape index (κ2) is 8.11. The van der Waals surface area contributed by atoms with Crippen LogP contribution in [0.2, 0.25) is 0 Å². The molecule has 2 aliphatic heterocycles. The minimum Gasteiger partial charge on any atom is -0.494 e. The summed E-state index contributed by atoms with van der Waals surface area (Å²) in [6, 6.07) is 16.7. The molecule has 0 aromatic heterocycles. The number of rotatable bonds is 5. The zero-order chi connectivity index (χ0) is 20.4. The average Bonchev–Trinajstić information content (AvgIpc) is 2.99. The molecule has 0 saturated carbocycles. The zero-order valence-electron chi connectivity index (χ0n) is 16.9. The van der Waals surface area contributed by atoms with Gasteiger partial charge in [0.15, 0.2) is 0 Å². The van der Waals surface area contributed by atoms with E-state index in [1.165, 1.54) is 4.90 Å². The molecule has 2 aliphatic rings. The van der Waals surface area contributed by atoms with Gasteiger partial charge in [-0.15, -0.1) is 0 Å². The highest BCUT2D eigenvalue weighted by Gasteiger charge is 2.43. The molecule has 2 amide bonds. The summed E-state index contributed by atoms with van der Waals surface area (Å²) in [5.74, 6) is 0.609. The molecule has 1 atom stereocenters. The van der Waals surface area contributed by atoms with Crippen LogP contribution in [0, 0.1) is 5.92 Å². The smallest absolute Gasteiger partial charge is 0.282 e. The van der Waals surface area contributed by atoms with Crippen LogP contribution in [-0.2, 0) is 9.59 Å². The Morgan fingerprint density at radius 1 is 1.03 bits per heavy atom. The lowest BCUT2D eigenvalue weighted by Gasteiger charge is -2.33. The van der Waals surface area contributed by atoms with Gasteiger partial charge >= 0.3 is 0 Å². The molecule has 5 nitrogen and oxygen atoms in total. The second-order valence-electron chi connectivity index (χ2n) is 7.66. The summed E-state index contributed by atoms with van der Waals surface area (Å²) >= 11 is 0. The van der Waals surface area contributed by atoms with Crippen LogP contribution in [0.15, 0.2) is 60.3 Å². The van der Waals surface area contributed by atoms with Crippen LogP contribution in [0.25, 0.3) is 5.57 Å². The normalized spacial score (nSPS) is 19.9. The Morgan fingerprint density at radius 3 is 2.55 bits per heavy atom. The average molecular weight is 390 g/mol. The van der Waals surface area contributed by atoms with E-state index in [9.17, 15) is 9.59 Å². The highest BCUT2D eigenvalue weighted by Crippen LogP contribution is 2.37. The van der Waals surface area contributed by atoms with Crippen molar-refractivity contribution in [2.24, 2.45) is 5.92 Å². The number of anilines is 1. The van der Waals surface area contributed by atoms with Gasteiger partial charge in [0.2, 0.25) is 0 Å². The fourth-order valence-electron chi connectivity index (χ4n) is 4.18. The topological polar surface area (TPSA) is 49.9 Å². The molecule has 0 bridgehead atoms. The quantitative estimate of drug-likeness (QED) is 0.721. The molecule has 1 unspecified atom stereocenters. The predicted molar refractivity (Wildman–Crippen MR) is 113 cm³/mol. The maximum Gasteiger partial charge on any atom is 0.282 e. The first-order chi connectivity index (χ1) is 14.1. The number of amides is 2. The lowest BCUT2D eigenvalue weighted by Crippen LogP contribution is -2.39. The van der Waals surface area contributed by atoms with E-state index in [0.717, 1.165) is 31.5 Å². The van der Waals surface area contributed by atoms with E-state index in [-0.39, 0.29) is 11.8 Å². The highest BCUT2D eigenvalue weighted by molar-refractivity contribution is 6.45. The van der Waals surface area contributed by atoms with Crippen LogP contribution in [0.5, 0.6) is 5.75 Å². The van der Waals surface area contributed by atoms with E-state index in [0.29, 0.717) is 35.2 Å². The van der Waals surface area contributed by atoms with Gasteiger partial charge in [0, 0.05) is 19.2 Å². The molecule has 0 spiro atoms. The fourth-order valence-corrected chi connectivity index (χ4v) is 4.18. The van der Waals surface area contributed by atoms with Crippen molar-refractivity contribution < 1.29 is 14.3 Å². The van der Waals surface area contributed by atoms with Gasteiger partial charge in [-0.25, -0.2) is 4.90 Å². The standard InChI is InChI=1S/C24H26N2O3/c1-3-29-20-13-7-12-19(15-20)26-23(27)21(18-10-5-4-6-11-18)22(24(26)28)25-14-8-9-17(2)16-25/h4-7,10-13,15,17H,3,8-9,14,16H2,1-2H3. The molecule has 5 heteroatoms.